The number of aliphatic hydroxyl groups is 1. The van der Waals surface area contributed by atoms with E-state index in [0.29, 0.717) is 22.4 Å². The van der Waals surface area contributed by atoms with E-state index < -0.39 is 29.3 Å². The number of ether oxygens (including phenoxy) is 1. The van der Waals surface area contributed by atoms with Crippen LogP contribution in [0.25, 0.3) is 5.57 Å². The fourth-order valence-corrected chi connectivity index (χ4v) is 3.89. The number of rotatable bonds is 5. The Balaban J connectivity index is 1.80. The van der Waals surface area contributed by atoms with Crippen LogP contribution in [0.1, 0.15) is 22.7 Å². The van der Waals surface area contributed by atoms with Gasteiger partial charge in [0, 0.05) is 12.1 Å². The van der Waals surface area contributed by atoms with Gasteiger partial charge in [-0.25, -0.2) is 8.78 Å². The lowest BCUT2D eigenvalue weighted by atomic mass is 9.93. The minimum atomic E-state index is -0.738. The average Bonchev–Trinajstić information content (AvgIpc) is 3.02. The summed E-state index contributed by atoms with van der Waals surface area (Å²) in [6.07, 6.45) is 0. The van der Waals surface area contributed by atoms with Crippen molar-refractivity contribution < 1.29 is 23.4 Å². The molecule has 0 aromatic heterocycles. The van der Waals surface area contributed by atoms with Gasteiger partial charge in [0.2, 0.25) is 0 Å². The third-order valence-corrected chi connectivity index (χ3v) is 5.52. The Hall–Kier alpha value is -3.38. The highest BCUT2D eigenvalue weighted by Crippen LogP contribution is 2.44. The van der Waals surface area contributed by atoms with Crippen LogP contribution in [-0.4, -0.2) is 23.0 Å². The van der Waals surface area contributed by atoms with E-state index in [4.69, 9.17) is 16.3 Å². The van der Waals surface area contributed by atoms with Crippen molar-refractivity contribution in [2.45, 2.75) is 12.6 Å². The number of halogens is 3. The molecule has 1 aliphatic rings. The molecule has 1 heterocycles. The second kappa shape index (κ2) is 8.40. The highest BCUT2D eigenvalue weighted by atomic mass is 35.5. The van der Waals surface area contributed by atoms with Crippen molar-refractivity contribution in [3.8, 4) is 5.75 Å². The summed E-state index contributed by atoms with van der Waals surface area (Å²) in [6.45, 7) is 0.178. The molecule has 0 fully saturated rings. The van der Waals surface area contributed by atoms with Crippen LogP contribution in [-0.2, 0) is 11.3 Å². The molecule has 1 aliphatic heterocycles. The largest absolute Gasteiger partial charge is 0.503 e. The standard InChI is InChI=1S/C24H18ClF2NO3/c1-31-18-9-2-14(3-10-18)13-28-22(16-6-11-20(27)19(25)12-16)21(23(29)24(28)30)15-4-7-17(26)8-5-15/h2-12,22,29H,13H2,1H3/t22-/m1/s1. The summed E-state index contributed by atoms with van der Waals surface area (Å²) in [4.78, 5) is 14.5. The molecule has 4 nitrogen and oxygen atoms in total. The quantitative estimate of drug-likeness (QED) is 0.554. The summed E-state index contributed by atoms with van der Waals surface area (Å²) in [7, 11) is 1.56. The van der Waals surface area contributed by atoms with Crippen molar-refractivity contribution >= 4 is 23.1 Å². The number of carbonyl (C=O) groups is 1. The van der Waals surface area contributed by atoms with Gasteiger partial charge >= 0.3 is 0 Å². The Labute approximate surface area is 183 Å². The lowest BCUT2D eigenvalue weighted by Crippen LogP contribution is -2.29. The zero-order valence-corrected chi connectivity index (χ0v) is 17.2. The molecule has 0 bridgehead atoms. The number of nitrogens with zero attached hydrogens (tertiary/aromatic N) is 1. The molecule has 1 amide bonds. The van der Waals surface area contributed by atoms with Crippen molar-refractivity contribution in [1.82, 2.24) is 4.90 Å². The Bertz CT molecular complexity index is 1160. The molecule has 0 saturated carbocycles. The maximum Gasteiger partial charge on any atom is 0.290 e. The number of aliphatic hydroxyl groups excluding tert-OH is 1. The Morgan fingerprint density at radius 1 is 1.03 bits per heavy atom. The molecule has 0 aliphatic carbocycles. The number of methoxy groups -OCH3 is 1. The summed E-state index contributed by atoms with van der Waals surface area (Å²) >= 11 is 6.00. The van der Waals surface area contributed by atoms with Gasteiger partial charge in [0.1, 0.15) is 17.4 Å². The lowest BCUT2D eigenvalue weighted by molar-refractivity contribution is -0.130. The minimum Gasteiger partial charge on any atom is -0.503 e. The summed E-state index contributed by atoms with van der Waals surface area (Å²) in [5, 5.41) is 10.6. The lowest BCUT2D eigenvalue weighted by Gasteiger charge is -2.28. The van der Waals surface area contributed by atoms with Crippen LogP contribution in [0.3, 0.4) is 0 Å². The van der Waals surface area contributed by atoms with Gasteiger partial charge in [0.05, 0.1) is 18.2 Å². The molecular formula is C24H18ClF2NO3. The first-order valence-corrected chi connectivity index (χ1v) is 9.84. The topological polar surface area (TPSA) is 49.8 Å². The summed E-state index contributed by atoms with van der Waals surface area (Å²) < 4.78 is 32.4. The number of amides is 1. The molecule has 31 heavy (non-hydrogen) atoms. The summed E-state index contributed by atoms with van der Waals surface area (Å²) in [5.41, 5.74) is 2.12. The van der Waals surface area contributed by atoms with Crippen LogP contribution < -0.4 is 4.74 Å². The SMILES string of the molecule is COc1ccc(CN2C(=O)C(O)=C(c3ccc(F)cc3)[C@H]2c2ccc(F)c(Cl)c2)cc1. The highest BCUT2D eigenvalue weighted by molar-refractivity contribution is 6.30. The third kappa shape index (κ3) is 3.99. The van der Waals surface area contributed by atoms with Crippen molar-refractivity contribution in [2.75, 3.05) is 7.11 Å². The molecule has 1 N–H and O–H groups in total. The zero-order valence-electron chi connectivity index (χ0n) is 16.5. The van der Waals surface area contributed by atoms with E-state index in [0.717, 1.165) is 5.56 Å². The Morgan fingerprint density at radius 3 is 2.32 bits per heavy atom. The average molecular weight is 442 g/mol. The smallest absolute Gasteiger partial charge is 0.290 e. The molecule has 3 aromatic rings. The predicted octanol–water partition coefficient (Wildman–Crippen LogP) is 5.68. The Kier molecular flexibility index (Phi) is 5.65. The molecule has 4 rings (SSSR count). The molecular weight excluding hydrogens is 424 g/mol. The van der Waals surface area contributed by atoms with Gasteiger partial charge < -0.3 is 14.7 Å². The van der Waals surface area contributed by atoms with E-state index in [1.165, 1.54) is 47.4 Å². The van der Waals surface area contributed by atoms with Crippen LogP contribution in [0.5, 0.6) is 5.75 Å². The molecule has 7 heteroatoms. The first-order valence-electron chi connectivity index (χ1n) is 9.47. The van der Waals surface area contributed by atoms with Gasteiger partial charge in [-0.1, -0.05) is 41.9 Å². The second-order valence-electron chi connectivity index (χ2n) is 7.13. The monoisotopic (exact) mass is 441 g/mol. The normalized spacial score (nSPS) is 16.2. The summed E-state index contributed by atoms with van der Waals surface area (Å²) in [6, 6.07) is 16.1. The first-order chi connectivity index (χ1) is 14.9. The molecule has 0 unspecified atom stereocenters. The third-order valence-electron chi connectivity index (χ3n) is 5.23. The van der Waals surface area contributed by atoms with E-state index in [1.807, 2.05) is 12.1 Å². The van der Waals surface area contributed by atoms with Crippen LogP contribution in [0, 0.1) is 11.6 Å². The van der Waals surface area contributed by atoms with E-state index in [2.05, 4.69) is 0 Å². The number of carbonyl (C=O) groups excluding carboxylic acids is 1. The zero-order chi connectivity index (χ0) is 22.1. The molecule has 0 spiro atoms. The molecule has 0 saturated heterocycles. The fourth-order valence-electron chi connectivity index (χ4n) is 3.70. The van der Waals surface area contributed by atoms with Gasteiger partial charge in [0.15, 0.2) is 5.76 Å². The molecule has 158 valence electrons. The first kappa shape index (κ1) is 20.9. The highest BCUT2D eigenvalue weighted by Gasteiger charge is 2.41. The van der Waals surface area contributed by atoms with Crippen LogP contribution >= 0.6 is 11.6 Å². The van der Waals surface area contributed by atoms with E-state index in [1.54, 1.807) is 19.2 Å². The Morgan fingerprint density at radius 2 is 1.71 bits per heavy atom. The van der Waals surface area contributed by atoms with Crippen LogP contribution in [0.15, 0.2) is 72.5 Å². The van der Waals surface area contributed by atoms with Crippen LogP contribution in [0.4, 0.5) is 8.78 Å². The van der Waals surface area contributed by atoms with Gasteiger partial charge in [-0.2, -0.15) is 0 Å². The van der Waals surface area contributed by atoms with Crippen molar-refractivity contribution in [1.29, 1.82) is 0 Å². The second-order valence-corrected chi connectivity index (χ2v) is 7.53. The van der Waals surface area contributed by atoms with Crippen molar-refractivity contribution in [3.05, 3.63) is 106 Å². The van der Waals surface area contributed by atoms with E-state index in [-0.39, 0.29) is 11.6 Å². The van der Waals surface area contributed by atoms with Gasteiger partial charge in [0.25, 0.3) is 5.91 Å². The molecule has 3 aromatic carbocycles. The van der Waals surface area contributed by atoms with E-state index in [9.17, 15) is 18.7 Å². The maximum atomic E-state index is 13.8. The van der Waals surface area contributed by atoms with Gasteiger partial charge in [-0.05, 0) is 53.1 Å². The van der Waals surface area contributed by atoms with Crippen LogP contribution in [0.2, 0.25) is 5.02 Å². The maximum absolute atomic E-state index is 13.8. The van der Waals surface area contributed by atoms with Crippen molar-refractivity contribution in [3.63, 3.8) is 0 Å². The molecule has 1 atom stereocenters. The van der Waals surface area contributed by atoms with E-state index >= 15 is 0 Å². The number of hydrogen-bond acceptors (Lipinski definition) is 3. The van der Waals surface area contributed by atoms with Gasteiger partial charge in [-0.15, -0.1) is 0 Å². The minimum absolute atomic E-state index is 0.0980. The van der Waals surface area contributed by atoms with Crippen molar-refractivity contribution in [2.24, 2.45) is 0 Å². The number of hydrogen-bond donors (Lipinski definition) is 1. The summed E-state index contributed by atoms with van der Waals surface area (Å²) in [5.74, 6) is -1.38. The number of benzene rings is 3. The van der Waals surface area contributed by atoms with Gasteiger partial charge in [-0.3, -0.25) is 4.79 Å². The predicted molar refractivity (Wildman–Crippen MR) is 114 cm³/mol. The fraction of sp³-hybridized carbons (Fsp3) is 0.125. The molecule has 0 radical (unpaired) electrons.